The average molecular weight is 242 g/mol. The molecular weight excluding hydrogens is 216 g/mol. The van der Waals surface area contributed by atoms with Crippen LogP contribution in [0, 0.1) is 0 Å². The van der Waals surface area contributed by atoms with Gasteiger partial charge in [-0.05, 0) is 32.9 Å². The smallest absolute Gasteiger partial charge is 0.0714 e. The summed E-state index contributed by atoms with van der Waals surface area (Å²) in [5, 5.41) is 0. The number of nitrogens with zero attached hydrogens (tertiary/aromatic N) is 2. The molecule has 2 saturated heterocycles. The summed E-state index contributed by atoms with van der Waals surface area (Å²) in [6.07, 6.45) is 4.24. The van der Waals surface area contributed by atoms with Gasteiger partial charge in [0.05, 0.1) is 19.3 Å². The molecule has 100 valence electrons. The van der Waals surface area contributed by atoms with Gasteiger partial charge in [-0.25, -0.2) is 0 Å². The van der Waals surface area contributed by atoms with Crippen LogP contribution in [0.2, 0.25) is 0 Å². The Balaban J connectivity index is 1.61. The first kappa shape index (κ1) is 13.3. The lowest BCUT2D eigenvalue weighted by atomic mass is 10.2. The number of hydrogen-bond donors (Lipinski definition) is 0. The molecule has 0 N–H and O–H groups in total. The Bertz CT molecular complexity index is 225. The minimum absolute atomic E-state index is 0.462. The highest BCUT2D eigenvalue weighted by atomic mass is 16.5. The topological polar surface area (TPSA) is 24.9 Å². The molecule has 2 aliphatic heterocycles. The minimum atomic E-state index is 0.462. The Morgan fingerprint density at radius 3 is 2.82 bits per heavy atom. The summed E-state index contributed by atoms with van der Waals surface area (Å²) in [5.74, 6) is 0. The van der Waals surface area contributed by atoms with Crippen LogP contribution in [0.1, 0.15) is 19.3 Å². The number of likely N-dealkylation sites (N-methyl/N-ethyl adjacent to an activating group) is 1. The van der Waals surface area contributed by atoms with Crippen molar-refractivity contribution < 1.29 is 9.47 Å². The van der Waals surface area contributed by atoms with Crippen LogP contribution in [-0.4, -0.2) is 75.5 Å². The fourth-order valence-electron chi connectivity index (χ4n) is 2.94. The highest BCUT2D eigenvalue weighted by molar-refractivity contribution is 4.79. The molecule has 0 aliphatic carbocycles. The lowest BCUT2D eigenvalue weighted by Gasteiger charge is -2.24. The Kier molecular flexibility index (Phi) is 5.22. The molecular formula is C13H26N2O2. The van der Waals surface area contributed by atoms with Crippen molar-refractivity contribution in [1.29, 1.82) is 0 Å². The van der Waals surface area contributed by atoms with Gasteiger partial charge in [-0.3, -0.25) is 4.90 Å². The van der Waals surface area contributed by atoms with Crippen LogP contribution < -0.4 is 0 Å². The molecule has 0 amide bonds. The van der Waals surface area contributed by atoms with E-state index in [1.54, 1.807) is 7.11 Å². The predicted octanol–water partition coefficient (Wildman–Crippen LogP) is 0.818. The molecule has 0 saturated carbocycles. The van der Waals surface area contributed by atoms with Gasteiger partial charge in [-0.2, -0.15) is 0 Å². The van der Waals surface area contributed by atoms with Crippen molar-refractivity contribution >= 4 is 0 Å². The van der Waals surface area contributed by atoms with Crippen molar-refractivity contribution in [3.05, 3.63) is 0 Å². The molecule has 2 rings (SSSR count). The maximum absolute atomic E-state index is 5.94. The second kappa shape index (κ2) is 6.69. The van der Waals surface area contributed by atoms with Gasteiger partial charge in [0.1, 0.15) is 0 Å². The van der Waals surface area contributed by atoms with Crippen LogP contribution in [0.4, 0.5) is 0 Å². The molecule has 4 nitrogen and oxygen atoms in total. The van der Waals surface area contributed by atoms with Gasteiger partial charge in [0.2, 0.25) is 0 Å². The number of rotatable bonds is 6. The summed E-state index contributed by atoms with van der Waals surface area (Å²) in [5.41, 5.74) is 0. The standard InChI is InChI=1S/C13H26N2O2/c1-14-7-5-13(10-14)17-9-8-15-6-3-4-12(15)11-16-2/h12-13H,3-11H2,1-2H3. The molecule has 0 radical (unpaired) electrons. The number of ether oxygens (including phenoxy) is 2. The summed E-state index contributed by atoms with van der Waals surface area (Å²) in [6, 6.07) is 0.620. The molecule has 0 aromatic carbocycles. The predicted molar refractivity (Wildman–Crippen MR) is 68.3 cm³/mol. The molecule has 0 bridgehead atoms. The summed E-state index contributed by atoms with van der Waals surface area (Å²) >= 11 is 0. The monoisotopic (exact) mass is 242 g/mol. The Morgan fingerprint density at radius 2 is 2.12 bits per heavy atom. The van der Waals surface area contributed by atoms with Gasteiger partial charge in [-0.15, -0.1) is 0 Å². The quantitative estimate of drug-likeness (QED) is 0.688. The van der Waals surface area contributed by atoms with E-state index in [0.29, 0.717) is 12.1 Å². The van der Waals surface area contributed by atoms with Crippen LogP contribution in [0.5, 0.6) is 0 Å². The second-order valence-corrected chi connectivity index (χ2v) is 5.33. The lowest BCUT2D eigenvalue weighted by Crippen LogP contribution is -2.36. The van der Waals surface area contributed by atoms with Crippen molar-refractivity contribution in [2.75, 3.05) is 53.6 Å². The Labute approximate surface area is 105 Å². The number of hydrogen-bond acceptors (Lipinski definition) is 4. The van der Waals surface area contributed by atoms with Gasteiger partial charge < -0.3 is 14.4 Å². The van der Waals surface area contributed by atoms with Gasteiger partial charge >= 0.3 is 0 Å². The van der Waals surface area contributed by atoms with E-state index in [4.69, 9.17) is 9.47 Å². The normalized spacial score (nSPS) is 31.4. The zero-order chi connectivity index (χ0) is 12.1. The van der Waals surface area contributed by atoms with Crippen molar-refractivity contribution in [3.63, 3.8) is 0 Å². The van der Waals surface area contributed by atoms with Crippen LogP contribution in [0.15, 0.2) is 0 Å². The van der Waals surface area contributed by atoms with E-state index in [1.165, 1.54) is 32.4 Å². The fraction of sp³-hybridized carbons (Fsp3) is 1.00. The number of likely N-dealkylation sites (tertiary alicyclic amines) is 2. The lowest BCUT2D eigenvalue weighted by molar-refractivity contribution is 0.0333. The molecule has 2 fully saturated rings. The van der Waals surface area contributed by atoms with Crippen LogP contribution in [-0.2, 0) is 9.47 Å². The fourth-order valence-corrected chi connectivity index (χ4v) is 2.94. The van der Waals surface area contributed by atoms with E-state index in [2.05, 4.69) is 16.8 Å². The Hall–Kier alpha value is -0.160. The van der Waals surface area contributed by atoms with E-state index in [1.807, 2.05) is 0 Å². The van der Waals surface area contributed by atoms with Crippen molar-refractivity contribution in [2.24, 2.45) is 0 Å². The van der Waals surface area contributed by atoms with Crippen molar-refractivity contribution in [2.45, 2.75) is 31.4 Å². The largest absolute Gasteiger partial charge is 0.383 e. The molecule has 2 aliphatic rings. The van der Waals surface area contributed by atoms with Gasteiger partial charge in [-0.1, -0.05) is 0 Å². The summed E-state index contributed by atoms with van der Waals surface area (Å²) in [7, 11) is 3.96. The minimum Gasteiger partial charge on any atom is -0.383 e. The first-order valence-corrected chi connectivity index (χ1v) is 6.82. The van der Waals surface area contributed by atoms with Crippen LogP contribution in [0.25, 0.3) is 0 Å². The maximum atomic E-state index is 5.94. The molecule has 17 heavy (non-hydrogen) atoms. The molecule has 2 atom stereocenters. The molecule has 2 unspecified atom stereocenters. The summed E-state index contributed by atoms with van der Waals surface area (Å²) in [4.78, 5) is 4.86. The summed E-state index contributed by atoms with van der Waals surface area (Å²) < 4.78 is 11.2. The van der Waals surface area contributed by atoms with Crippen LogP contribution in [0.3, 0.4) is 0 Å². The van der Waals surface area contributed by atoms with Crippen molar-refractivity contribution in [3.8, 4) is 0 Å². The van der Waals surface area contributed by atoms with Gasteiger partial charge in [0.15, 0.2) is 0 Å². The molecule has 4 heteroatoms. The van der Waals surface area contributed by atoms with E-state index in [0.717, 1.165) is 26.3 Å². The average Bonchev–Trinajstić information content (AvgIpc) is 2.90. The zero-order valence-electron chi connectivity index (χ0n) is 11.2. The third-order valence-electron chi connectivity index (χ3n) is 3.94. The molecule has 2 heterocycles. The third kappa shape index (κ3) is 3.91. The van der Waals surface area contributed by atoms with Crippen molar-refractivity contribution in [1.82, 2.24) is 9.80 Å². The van der Waals surface area contributed by atoms with Gasteiger partial charge in [0, 0.05) is 32.8 Å². The third-order valence-corrected chi connectivity index (χ3v) is 3.94. The SMILES string of the molecule is COCC1CCCN1CCOC1CCN(C)C1. The second-order valence-electron chi connectivity index (χ2n) is 5.33. The number of methoxy groups -OCH3 is 1. The molecule has 0 aromatic rings. The highest BCUT2D eigenvalue weighted by Gasteiger charge is 2.25. The van der Waals surface area contributed by atoms with Gasteiger partial charge in [0.25, 0.3) is 0 Å². The first-order valence-electron chi connectivity index (χ1n) is 6.82. The molecule has 0 aromatic heterocycles. The molecule has 0 spiro atoms. The first-order chi connectivity index (χ1) is 8.29. The van der Waals surface area contributed by atoms with E-state index in [9.17, 15) is 0 Å². The van der Waals surface area contributed by atoms with E-state index in [-0.39, 0.29) is 0 Å². The highest BCUT2D eigenvalue weighted by Crippen LogP contribution is 2.17. The summed E-state index contributed by atoms with van der Waals surface area (Å²) in [6.45, 7) is 6.29. The maximum Gasteiger partial charge on any atom is 0.0714 e. The van der Waals surface area contributed by atoms with E-state index >= 15 is 0 Å². The zero-order valence-corrected chi connectivity index (χ0v) is 11.2. The Morgan fingerprint density at radius 1 is 1.24 bits per heavy atom. The van der Waals surface area contributed by atoms with E-state index < -0.39 is 0 Å². The van der Waals surface area contributed by atoms with Crippen LogP contribution >= 0.6 is 0 Å².